The van der Waals surface area contributed by atoms with E-state index >= 15 is 0 Å². The maximum absolute atomic E-state index is 12.7. The number of carbonyl (C=O) groups excluding carboxylic acids is 2. The summed E-state index contributed by atoms with van der Waals surface area (Å²) in [5, 5.41) is 20.0. The molecule has 0 aromatic carbocycles. The van der Waals surface area contributed by atoms with Crippen molar-refractivity contribution in [2.45, 2.75) is 193 Å². The van der Waals surface area contributed by atoms with E-state index in [-0.39, 0.29) is 12.8 Å². The van der Waals surface area contributed by atoms with Crippen LogP contribution in [0.3, 0.4) is 0 Å². The average molecular weight is 895 g/mol. The predicted octanol–water partition coefficient (Wildman–Crippen LogP) is 10.4. The van der Waals surface area contributed by atoms with E-state index in [1.54, 1.807) is 12.2 Å². The second-order valence-electron chi connectivity index (χ2n) is 15.2. The number of esters is 2. The van der Waals surface area contributed by atoms with E-state index in [0.29, 0.717) is 19.3 Å². The van der Waals surface area contributed by atoms with Crippen LogP contribution >= 0.6 is 15.6 Å². The molecule has 0 heterocycles. The molecule has 0 aromatic rings. The van der Waals surface area contributed by atoms with Gasteiger partial charge in [-0.05, 0) is 64.2 Å². The molecule has 0 aliphatic heterocycles. The Morgan fingerprint density at radius 2 is 1.05 bits per heavy atom. The second-order valence-corrected chi connectivity index (χ2v) is 17.9. The van der Waals surface area contributed by atoms with Gasteiger partial charge in [0.25, 0.3) is 0 Å². The first-order chi connectivity index (χ1) is 28.8. The smallest absolute Gasteiger partial charge is 0.462 e. The molecule has 2 unspecified atom stereocenters. The molecule has 0 saturated heterocycles. The van der Waals surface area contributed by atoms with Crippen molar-refractivity contribution in [2.24, 2.45) is 0 Å². The number of phosphoric ester groups is 2. The van der Waals surface area contributed by atoms with Crippen LogP contribution in [0.2, 0.25) is 0 Å². The maximum atomic E-state index is 12.7. The lowest BCUT2D eigenvalue weighted by Crippen LogP contribution is -2.30. The molecule has 0 aromatic heterocycles. The molecule has 60 heavy (non-hydrogen) atoms. The minimum absolute atomic E-state index is 0.0301. The number of phosphoric acid groups is 2. The molecule has 14 nitrogen and oxygen atoms in total. The third-order valence-electron chi connectivity index (χ3n) is 9.28. The minimum atomic E-state index is -4.88. The third-order valence-corrected chi connectivity index (χ3v) is 10.7. The molecule has 0 spiro atoms. The molecule has 0 aliphatic rings. The van der Waals surface area contributed by atoms with Gasteiger partial charge in [-0.15, -0.1) is 0 Å². The Balaban J connectivity index is 4.68. The normalized spacial score (nSPS) is 15.0. The molecule has 0 fully saturated rings. The molecule has 16 heteroatoms. The molecule has 0 rings (SSSR count). The monoisotopic (exact) mass is 895 g/mol. The molecule has 4 atom stereocenters. The van der Waals surface area contributed by atoms with Gasteiger partial charge < -0.3 is 34.4 Å². The van der Waals surface area contributed by atoms with Gasteiger partial charge in [0.1, 0.15) is 12.7 Å². The SMILES string of the molecule is CCCCCC/C=C\CCCCCCCCCC(=O)O[C@H](COC(=O)CCCC(O)/C=C/C=C/C/C=C/CCCCCCCC)COP(=O)(O)OC[C@@H](O)COP(=O)(O)O. The maximum Gasteiger partial charge on any atom is 0.472 e. The summed E-state index contributed by atoms with van der Waals surface area (Å²) in [5.41, 5.74) is 0. The van der Waals surface area contributed by atoms with E-state index in [0.717, 1.165) is 64.2 Å². The summed E-state index contributed by atoms with van der Waals surface area (Å²) in [6.45, 7) is 1.53. The van der Waals surface area contributed by atoms with E-state index in [1.807, 2.05) is 12.2 Å². The zero-order valence-electron chi connectivity index (χ0n) is 36.7. The zero-order valence-corrected chi connectivity index (χ0v) is 38.5. The molecule has 0 aliphatic carbocycles. The number of allylic oxidation sites excluding steroid dienone is 7. The highest BCUT2D eigenvalue weighted by Crippen LogP contribution is 2.43. The molecular weight excluding hydrogens is 814 g/mol. The number of hydrogen-bond donors (Lipinski definition) is 5. The second kappa shape index (κ2) is 39.9. The van der Waals surface area contributed by atoms with Gasteiger partial charge in [-0.25, -0.2) is 9.13 Å². The lowest BCUT2D eigenvalue weighted by molar-refractivity contribution is -0.161. The number of aliphatic hydroxyl groups excluding tert-OH is 2. The largest absolute Gasteiger partial charge is 0.472 e. The Bertz CT molecular complexity index is 1270. The van der Waals surface area contributed by atoms with Crippen molar-refractivity contribution in [3.8, 4) is 0 Å². The third kappa shape index (κ3) is 42.7. The summed E-state index contributed by atoms with van der Waals surface area (Å²) in [6.07, 6.45) is 37.0. The van der Waals surface area contributed by atoms with Crippen molar-refractivity contribution >= 4 is 27.6 Å². The number of ether oxygens (including phenoxy) is 2. The van der Waals surface area contributed by atoms with Gasteiger partial charge in [0.2, 0.25) is 0 Å². The minimum Gasteiger partial charge on any atom is -0.462 e. The first-order valence-electron chi connectivity index (χ1n) is 22.4. The highest BCUT2D eigenvalue weighted by molar-refractivity contribution is 7.47. The first-order valence-corrected chi connectivity index (χ1v) is 25.5. The van der Waals surface area contributed by atoms with Crippen LogP contribution in [-0.4, -0.2) is 81.6 Å². The first kappa shape index (κ1) is 58.0. The van der Waals surface area contributed by atoms with Gasteiger partial charge in [-0.1, -0.05) is 146 Å². The fourth-order valence-electron chi connectivity index (χ4n) is 5.82. The topological polar surface area (TPSA) is 216 Å². The van der Waals surface area contributed by atoms with E-state index < -0.39 is 72.3 Å². The van der Waals surface area contributed by atoms with Crippen LogP contribution in [0.5, 0.6) is 0 Å². The van der Waals surface area contributed by atoms with Gasteiger partial charge in [0.05, 0.1) is 25.9 Å². The molecule has 350 valence electrons. The van der Waals surface area contributed by atoms with Gasteiger partial charge in [-0.2, -0.15) is 0 Å². The van der Waals surface area contributed by atoms with E-state index in [1.165, 1.54) is 64.2 Å². The van der Waals surface area contributed by atoms with Gasteiger partial charge >= 0.3 is 27.6 Å². The highest BCUT2D eigenvalue weighted by atomic mass is 31.2. The number of hydrogen-bond acceptors (Lipinski definition) is 11. The highest BCUT2D eigenvalue weighted by Gasteiger charge is 2.28. The quantitative estimate of drug-likeness (QED) is 0.0127. The summed E-state index contributed by atoms with van der Waals surface area (Å²) >= 11 is 0. The zero-order chi connectivity index (χ0) is 44.6. The van der Waals surface area contributed by atoms with Crippen LogP contribution in [-0.2, 0) is 41.8 Å². The molecule has 5 N–H and O–H groups in total. The Morgan fingerprint density at radius 1 is 0.550 bits per heavy atom. The fraction of sp³-hybridized carbons (Fsp3) is 0.773. The number of unbranched alkanes of at least 4 members (excludes halogenated alkanes) is 17. The Hall–Kier alpha value is -1.96. The Labute approximate surface area is 361 Å². The van der Waals surface area contributed by atoms with Gasteiger partial charge in [0.15, 0.2) is 6.10 Å². The van der Waals surface area contributed by atoms with E-state index in [2.05, 4.69) is 47.2 Å². The number of rotatable bonds is 42. The van der Waals surface area contributed by atoms with Crippen LogP contribution in [0, 0.1) is 0 Å². The van der Waals surface area contributed by atoms with E-state index in [9.17, 15) is 33.8 Å². The standard InChI is InChI=1S/C44H80O14P2/c1-3-5-7-9-11-13-15-17-18-20-22-24-26-28-30-34-44(48)58-42(39-57-60(52,53)56-37-41(46)36-55-59(49,50)51)38-54-43(47)35-31-33-40(45)32-29-27-25-23-21-19-16-14-12-10-8-6-4-2/h13,15,19,21,25,27,29,32,40-42,45-46H,3-12,14,16-18,20,22-24,26,28,30-31,33-39H2,1-2H3,(H,52,53)(H2,49,50,51)/b15-13-,21-19+,27-25+,32-29+/t40?,41-,42+/m0/s1. The average Bonchev–Trinajstić information content (AvgIpc) is 3.20. The molecule has 0 saturated carbocycles. The van der Waals surface area contributed by atoms with Crippen molar-refractivity contribution < 1.29 is 66.7 Å². The van der Waals surface area contributed by atoms with Crippen molar-refractivity contribution in [3.05, 3.63) is 48.6 Å². The number of aliphatic hydroxyl groups is 2. The Morgan fingerprint density at radius 3 is 1.65 bits per heavy atom. The van der Waals surface area contributed by atoms with Crippen LogP contribution in [0.25, 0.3) is 0 Å². The van der Waals surface area contributed by atoms with E-state index in [4.69, 9.17) is 23.8 Å². The molecule has 0 radical (unpaired) electrons. The summed E-state index contributed by atoms with van der Waals surface area (Å²) in [6, 6.07) is 0. The van der Waals surface area contributed by atoms with Crippen molar-refractivity contribution in [1.29, 1.82) is 0 Å². The predicted molar refractivity (Wildman–Crippen MR) is 236 cm³/mol. The summed E-state index contributed by atoms with van der Waals surface area (Å²) in [4.78, 5) is 52.7. The lowest BCUT2D eigenvalue weighted by Gasteiger charge is -2.20. The van der Waals surface area contributed by atoms with Gasteiger partial charge in [0, 0.05) is 12.8 Å². The summed E-state index contributed by atoms with van der Waals surface area (Å²) < 4.78 is 47.6. The number of carbonyl (C=O) groups is 2. The van der Waals surface area contributed by atoms with Crippen molar-refractivity contribution in [2.75, 3.05) is 26.4 Å². The lowest BCUT2D eigenvalue weighted by atomic mass is 10.1. The molecule has 0 amide bonds. The van der Waals surface area contributed by atoms with Crippen LogP contribution in [0.15, 0.2) is 48.6 Å². The van der Waals surface area contributed by atoms with Crippen molar-refractivity contribution in [3.63, 3.8) is 0 Å². The van der Waals surface area contributed by atoms with Crippen LogP contribution in [0.4, 0.5) is 0 Å². The van der Waals surface area contributed by atoms with Crippen LogP contribution < -0.4 is 0 Å². The van der Waals surface area contributed by atoms with Gasteiger partial charge in [-0.3, -0.25) is 23.2 Å². The Kier molecular flexibility index (Phi) is 38.6. The van der Waals surface area contributed by atoms with Crippen LogP contribution in [0.1, 0.15) is 174 Å². The molecule has 0 bridgehead atoms. The summed E-state index contributed by atoms with van der Waals surface area (Å²) in [7, 11) is -9.73. The fourth-order valence-corrected chi connectivity index (χ4v) is 6.98. The molecular formula is C44H80O14P2. The summed E-state index contributed by atoms with van der Waals surface area (Å²) in [5.74, 6) is -1.23. The van der Waals surface area contributed by atoms with Crippen molar-refractivity contribution in [1.82, 2.24) is 0 Å².